The summed E-state index contributed by atoms with van der Waals surface area (Å²) in [5.41, 5.74) is 0.397. The van der Waals surface area contributed by atoms with Gasteiger partial charge in [-0.3, -0.25) is 4.55 Å². The van der Waals surface area contributed by atoms with Gasteiger partial charge in [0.25, 0.3) is 10.1 Å². The van der Waals surface area contributed by atoms with Crippen LogP contribution in [-0.2, 0) is 14.9 Å². The van der Waals surface area contributed by atoms with Crippen molar-refractivity contribution >= 4 is 32.7 Å². The number of hydrogen-bond donors (Lipinski definition) is 2. The van der Waals surface area contributed by atoms with Crippen LogP contribution in [0.4, 0.5) is 0 Å². The summed E-state index contributed by atoms with van der Waals surface area (Å²) in [6, 6.07) is 5.09. The van der Waals surface area contributed by atoms with Gasteiger partial charge in [0, 0.05) is 9.13 Å². The maximum Gasteiger partial charge on any atom is 0.267 e. The summed E-state index contributed by atoms with van der Waals surface area (Å²) >= 11 is 2.09. The van der Waals surface area contributed by atoms with Gasteiger partial charge in [-0.1, -0.05) is 0 Å². The summed E-state index contributed by atoms with van der Waals surface area (Å²) < 4.78 is 40.4. The Morgan fingerprint density at radius 1 is 1.44 bits per heavy atom. The topological polar surface area (TPSA) is 93.1 Å². The number of aliphatic hydroxyl groups excluding tert-OH is 1. The molecule has 8 heteroatoms. The minimum absolute atomic E-state index is 0.310. The van der Waals surface area contributed by atoms with Crippen molar-refractivity contribution in [2.24, 2.45) is 0 Å². The van der Waals surface area contributed by atoms with E-state index in [1.165, 1.54) is 7.11 Å². The summed E-state index contributed by atoms with van der Waals surface area (Å²) in [6.07, 6.45) is -1.31. The Morgan fingerprint density at radius 2 is 2.11 bits per heavy atom. The molecule has 1 atom stereocenters. The van der Waals surface area contributed by atoms with E-state index in [4.69, 9.17) is 14.0 Å². The maximum atomic E-state index is 10.5. The van der Waals surface area contributed by atoms with Gasteiger partial charge in [-0.15, -0.1) is 0 Å². The molecule has 0 aliphatic rings. The summed E-state index contributed by atoms with van der Waals surface area (Å²) in [4.78, 5) is 0. The first-order valence-electron chi connectivity index (χ1n) is 4.92. The molecule has 0 bridgehead atoms. The zero-order valence-corrected chi connectivity index (χ0v) is 12.5. The van der Waals surface area contributed by atoms with Gasteiger partial charge < -0.3 is 14.6 Å². The lowest BCUT2D eigenvalue weighted by Gasteiger charge is -2.15. The van der Waals surface area contributed by atoms with Crippen molar-refractivity contribution in [1.82, 2.24) is 0 Å². The van der Waals surface area contributed by atoms with Gasteiger partial charge in [0.05, 0.1) is 19.5 Å². The van der Waals surface area contributed by atoms with Crippen molar-refractivity contribution in [3.63, 3.8) is 0 Å². The van der Waals surface area contributed by atoms with Crippen molar-refractivity contribution < 1.29 is 27.6 Å². The van der Waals surface area contributed by atoms with Crippen LogP contribution in [0.25, 0.3) is 0 Å². The molecule has 6 nitrogen and oxygen atoms in total. The van der Waals surface area contributed by atoms with Crippen molar-refractivity contribution in [2.45, 2.75) is 6.29 Å². The Labute approximate surface area is 119 Å². The van der Waals surface area contributed by atoms with E-state index < -0.39 is 22.2 Å². The van der Waals surface area contributed by atoms with E-state index >= 15 is 0 Å². The van der Waals surface area contributed by atoms with Crippen LogP contribution >= 0.6 is 22.6 Å². The predicted octanol–water partition coefficient (Wildman–Crippen LogP) is 1.20. The summed E-state index contributed by atoms with van der Waals surface area (Å²) in [5.74, 6) is -0.127. The molecule has 0 aliphatic heterocycles. The SMILES string of the molecule is COc1cc(I)ccc1C(O)OCCS(=O)(=O)O. The van der Waals surface area contributed by atoms with Crippen molar-refractivity contribution in [3.8, 4) is 5.75 Å². The van der Waals surface area contributed by atoms with E-state index in [0.29, 0.717) is 11.3 Å². The normalized spacial score (nSPS) is 13.3. The van der Waals surface area contributed by atoms with E-state index in [-0.39, 0.29) is 6.61 Å². The Kier molecular flexibility index (Phi) is 5.79. The first kappa shape index (κ1) is 15.6. The second kappa shape index (κ2) is 6.66. The van der Waals surface area contributed by atoms with Crippen LogP contribution in [0.1, 0.15) is 11.9 Å². The third-order valence-corrected chi connectivity index (χ3v) is 3.43. The molecule has 1 rings (SSSR count). The van der Waals surface area contributed by atoms with E-state index in [2.05, 4.69) is 22.6 Å². The average Bonchev–Trinajstić information content (AvgIpc) is 2.26. The fourth-order valence-electron chi connectivity index (χ4n) is 1.24. The van der Waals surface area contributed by atoms with Gasteiger partial charge in [0.1, 0.15) is 5.75 Å². The fourth-order valence-corrected chi connectivity index (χ4v) is 2.01. The number of hydrogen-bond acceptors (Lipinski definition) is 5. The molecule has 1 aromatic rings. The monoisotopic (exact) mass is 388 g/mol. The van der Waals surface area contributed by atoms with Gasteiger partial charge in [0.15, 0.2) is 6.29 Å². The van der Waals surface area contributed by atoms with Crippen molar-refractivity contribution in [1.29, 1.82) is 0 Å². The lowest BCUT2D eigenvalue weighted by molar-refractivity contribution is -0.0984. The highest BCUT2D eigenvalue weighted by Gasteiger charge is 2.15. The molecule has 18 heavy (non-hydrogen) atoms. The number of rotatable bonds is 6. The standard InChI is InChI=1S/C10H13IO6S/c1-16-9-6-7(11)2-3-8(9)10(12)17-4-5-18(13,14)15/h2-3,6,10,12H,4-5H2,1H3,(H,13,14,15). The molecule has 0 spiro atoms. The number of aliphatic hydroxyl groups is 1. The Bertz CT molecular complexity index is 501. The third kappa shape index (κ3) is 5.06. The summed E-state index contributed by atoms with van der Waals surface area (Å²) in [6.45, 7) is -0.310. The Balaban J connectivity index is 2.69. The molecule has 0 fully saturated rings. The van der Waals surface area contributed by atoms with Crippen LogP contribution in [0, 0.1) is 3.57 Å². The first-order valence-corrected chi connectivity index (χ1v) is 7.60. The minimum atomic E-state index is -4.09. The molecule has 1 unspecified atom stereocenters. The molecule has 0 aliphatic carbocycles. The third-order valence-electron chi connectivity index (χ3n) is 2.08. The van der Waals surface area contributed by atoms with Crippen LogP contribution < -0.4 is 4.74 Å². The van der Waals surface area contributed by atoms with Crippen LogP contribution in [0.3, 0.4) is 0 Å². The molecule has 102 valence electrons. The van der Waals surface area contributed by atoms with Gasteiger partial charge in [0.2, 0.25) is 0 Å². The molecule has 0 saturated heterocycles. The molecular weight excluding hydrogens is 375 g/mol. The minimum Gasteiger partial charge on any atom is -0.496 e. The van der Waals surface area contributed by atoms with Gasteiger partial charge in [-0.2, -0.15) is 8.42 Å². The molecule has 0 radical (unpaired) electrons. The lowest BCUT2D eigenvalue weighted by Crippen LogP contribution is -2.14. The summed E-state index contributed by atoms with van der Waals surface area (Å²) in [7, 11) is -2.63. The molecule has 2 N–H and O–H groups in total. The summed E-state index contributed by atoms with van der Waals surface area (Å²) in [5, 5.41) is 9.74. The smallest absolute Gasteiger partial charge is 0.267 e. The molecule has 1 aromatic carbocycles. The quantitative estimate of drug-likeness (QED) is 0.432. The van der Waals surface area contributed by atoms with Crippen LogP contribution in [0.5, 0.6) is 5.75 Å². The largest absolute Gasteiger partial charge is 0.496 e. The van der Waals surface area contributed by atoms with Crippen molar-refractivity contribution in [3.05, 3.63) is 27.3 Å². The molecule has 0 amide bonds. The molecular formula is C10H13IO6S. The highest BCUT2D eigenvalue weighted by atomic mass is 127. The molecule has 0 aromatic heterocycles. The number of benzene rings is 1. The van der Waals surface area contributed by atoms with E-state index in [1.54, 1.807) is 18.2 Å². The van der Waals surface area contributed by atoms with Gasteiger partial charge in [-0.05, 0) is 40.8 Å². The zero-order chi connectivity index (χ0) is 13.8. The Morgan fingerprint density at radius 3 is 2.67 bits per heavy atom. The molecule has 0 saturated carbocycles. The highest BCUT2D eigenvalue weighted by molar-refractivity contribution is 14.1. The second-order valence-electron chi connectivity index (χ2n) is 3.40. The van der Waals surface area contributed by atoms with Gasteiger partial charge >= 0.3 is 0 Å². The lowest BCUT2D eigenvalue weighted by atomic mass is 10.2. The first-order chi connectivity index (χ1) is 8.33. The molecule has 0 heterocycles. The van der Waals surface area contributed by atoms with E-state index in [9.17, 15) is 13.5 Å². The predicted molar refractivity (Wildman–Crippen MR) is 73.0 cm³/mol. The van der Waals surface area contributed by atoms with Crippen LogP contribution in [0.2, 0.25) is 0 Å². The van der Waals surface area contributed by atoms with Crippen LogP contribution in [-0.4, -0.2) is 37.5 Å². The number of halogens is 1. The van der Waals surface area contributed by atoms with E-state index in [0.717, 1.165) is 3.57 Å². The van der Waals surface area contributed by atoms with Crippen LogP contribution in [0.15, 0.2) is 18.2 Å². The van der Waals surface area contributed by atoms with Crippen molar-refractivity contribution in [2.75, 3.05) is 19.5 Å². The fraction of sp³-hybridized carbons (Fsp3) is 0.400. The van der Waals surface area contributed by atoms with E-state index in [1.807, 2.05) is 0 Å². The zero-order valence-electron chi connectivity index (χ0n) is 9.54. The highest BCUT2D eigenvalue weighted by Crippen LogP contribution is 2.27. The average molecular weight is 388 g/mol. The Hall–Kier alpha value is -0.420. The number of ether oxygens (including phenoxy) is 2. The van der Waals surface area contributed by atoms with Gasteiger partial charge in [-0.25, -0.2) is 0 Å². The maximum absolute atomic E-state index is 10.5. The second-order valence-corrected chi connectivity index (χ2v) is 6.21. The number of methoxy groups -OCH3 is 1.